The zero-order valence-electron chi connectivity index (χ0n) is 11.4. The van der Waals surface area contributed by atoms with Gasteiger partial charge >= 0.3 is 0 Å². The number of carbonyl (C=O) groups excluding carboxylic acids is 1. The molecule has 0 fully saturated rings. The minimum Gasteiger partial charge on any atom is -0.389 e. The van der Waals surface area contributed by atoms with Gasteiger partial charge in [0.15, 0.2) is 0 Å². The van der Waals surface area contributed by atoms with Gasteiger partial charge in [0.2, 0.25) is 5.91 Å². The first-order chi connectivity index (χ1) is 8.73. The molecule has 0 bridgehead atoms. The molecule has 0 aliphatic rings. The number of halogens is 2. The quantitative estimate of drug-likeness (QED) is 0.901. The Kier molecular flexibility index (Phi) is 5.50. The van der Waals surface area contributed by atoms with Crippen LogP contribution in [0.25, 0.3) is 0 Å². The summed E-state index contributed by atoms with van der Waals surface area (Å²) >= 11 is 3.30. The standard InChI is InChI=1S/C14H19BrFNO2/c1-4-17(9-14(2,3)19)13(18)8-10-7-11(16)5-6-12(10)15/h5-7,19H,4,8-9H2,1-3H3. The van der Waals surface area contributed by atoms with Crippen LogP contribution in [0.1, 0.15) is 26.3 Å². The lowest BCUT2D eigenvalue weighted by molar-refractivity contribution is -0.133. The smallest absolute Gasteiger partial charge is 0.227 e. The molecule has 5 heteroatoms. The van der Waals surface area contributed by atoms with Crippen molar-refractivity contribution < 1.29 is 14.3 Å². The molecule has 3 nitrogen and oxygen atoms in total. The number of aliphatic hydroxyl groups is 1. The fraction of sp³-hybridized carbons (Fsp3) is 0.500. The Morgan fingerprint density at radius 1 is 1.47 bits per heavy atom. The van der Waals surface area contributed by atoms with Crippen molar-refractivity contribution in [1.82, 2.24) is 4.90 Å². The van der Waals surface area contributed by atoms with Crippen LogP contribution in [0.4, 0.5) is 4.39 Å². The third kappa shape index (κ3) is 5.28. The Labute approximate surface area is 121 Å². The highest BCUT2D eigenvalue weighted by molar-refractivity contribution is 9.10. The molecule has 0 saturated carbocycles. The monoisotopic (exact) mass is 331 g/mol. The van der Waals surface area contributed by atoms with Crippen LogP contribution in [0.2, 0.25) is 0 Å². The minimum atomic E-state index is -0.940. The number of benzene rings is 1. The van der Waals surface area contributed by atoms with E-state index < -0.39 is 5.60 Å². The molecule has 0 spiro atoms. The number of rotatable bonds is 5. The van der Waals surface area contributed by atoms with Crippen molar-refractivity contribution in [2.75, 3.05) is 13.1 Å². The first-order valence-electron chi connectivity index (χ1n) is 6.17. The van der Waals surface area contributed by atoms with Gasteiger partial charge in [-0.25, -0.2) is 4.39 Å². The molecule has 0 aliphatic heterocycles. The molecule has 1 rings (SSSR count). The van der Waals surface area contributed by atoms with Gasteiger partial charge in [-0.3, -0.25) is 4.79 Å². The first kappa shape index (κ1) is 16.1. The molecule has 1 N–H and O–H groups in total. The Morgan fingerprint density at radius 2 is 2.11 bits per heavy atom. The van der Waals surface area contributed by atoms with E-state index >= 15 is 0 Å². The normalized spacial score (nSPS) is 11.5. The van der Waals surface area contributed by atoms with Crippen LogP contribution in [0.5, 0.6) is 0 Å². The summed E-state index contributed by atoms with van der Waals surface area (Å²) < 4.78 is 13.9. The molecule has 0 unspecified atom stereocenters. The van der Waals surface area contributed by atoms with E-state index in [1.165, 1.54) is 12.1 Å². The Morgan fingerprint density at radius 3 is 2.63 bits per heavy atom. The zero-order chi connectivity index (χ0) is 14.6. The van der Waals surface area contributed by atoms with Gasteiger partial charge in [-0.1, -0.05) is 15.9 Å². The molecule has 0 aromatic heterocycles. The number of hydrogen-bond donors (Lipinski definition) is 1. The molecule has 1 aromatic rings. The van der Waals surface area contributed by atoms with Gasteiger partial charge in [0.1, 0.15) is 5.82 Å². The van der Waals surface area contributed by atoms with Crippen LogP contribution in [0, 0.1) is 5.82 Å². The van der Waals surface area contributed by atoms with E-state index in [0.29, 0.717) is 16.6 Å². The Balaban J connectivity index is 2.80. The molecule has 19 heavy (non-hydrogen) atoms. The third-order valence-corrected chi connectivity index (χ3v) is 3.44. The number of likely N-dealkylation sites (N-methyl/N-ethyl adjacent to an activating group) is 1. The summed E-state index contributed by atoms with van der Waals surface area (Å²) in [5, 5.41) is 9.77. The van der Waals surface area contributed by atoms with Crippen LogP contribution in [0.15, 0.2) is 22.7 Å². The van der Waals surface area contributed by atoms with Crippen molar-refractivity contribution in [3.63, 3.8) is 0 Å². The lowest BCUT2D eigenvalue weighted by Gasteiger charge is -2.28. The highest BCUT2D eigenvalue weighted by Gasteiger charge is 2.21. The van der Waals surface area contributed by atoms with E-state index in [9.17, 15) is 14.3 Å². The summed E-state index contributed by atoms with van der Waals surface area (Å²) in [4.78, 5) is 13.7. The Bertz CT molecular complexity index is 457. The second-order valence-electron chi connectivity index (χ2n) is 5.13. The van der Waals surface area contributed by atoms with Gasteiger partial charge in [0.05, 0.1) is 12.0 Å². The largest absolute Gasteiger partial charge is 0.389 e. The van der Waals surface area contributed by atoms with Crippen LogP contribution in [-0.4, -0.2) is 34.6 Å². The van der Waals surface area contributed by atoms with E-state index in [4.69, 9.17) is 0 Å². The van der Waals surface area contributed by atoms with Crippen molar-refractivity contribution in [1.29, 1.82) is 0 Å². The molecular formula is C14H19BrFNO2. The van der Waals surface area contributed by atoms with Gasteiger partial charge in [-0.15, -0.1) is 0 Å². The summed E-state index contributed by atoms with van der Waals surface area (Å²) in [6.07, 6.45) is 0.113. The average molecular weight is 332 g/mol. The molecule has 106 valence electrons. The van der Waals surface area contributed by atoms with Crippen LogP contribution >= 0.6 is 15.9 Å². The number of carbonyl (C=O) groups is 1. The SMILES string of the molecule is CCN(CC(C)(C)O)C(=O)Cc1cc(F)ccc1Br. The molecule has 0 aliphatic carbocycles. The van der Waals surface area contributed by atoms with E-state index in [0.717, 1.165) is 0 Å². The minimum absolute atomic E-state index is 0.113. The maximum Gasteiger partial charge on any atom is 0.227 e. The number of amides is 1. The van der Waals surface area contributed by atoms with E-state index in [2.05, 4.69) is 15.9 Å². The van der Waals surface area contributed by atoms with Gasteiger partial charge in [-0.05, 0) is 44.5 Å². The van der Waals surface area contributed by atoms with Gasteiger partial charge in [0, 0.05) is 17.6 Å². The van der Waals surface area contributed by atoms with Crippen LogP contribution in [0.3, 0.4) is 0 Å². The number of hydrogen-bond acceptors (Lipinski definition) is 2. The molecule has 0 heterocycles. The van der Waals surface area contributed by atoms with Gasteiger partial charge in [-0.2, -0.15) is 0 Å². The summed E-state index contributed by atoms with van der Waals surface area (Å²) in [6.45, 7) is 5.93. The maximum absolute atomic E-state index is 13.2. The first-order valence-corrected chi connectivity index (χ1v) is 6.96. The highest BCUT2D eigenvalue weighted by atomic mass is 79.9. The van der Waals surface area contributed by atoms with E-state index in [1.807, 2.05) is 6.92 Å². The maximum atomic E-state index is 13.2. The van der Waals surface area contributed by atoms with E-state index in [1.54, 1.807) is 24.8 Å². The zero-order valence-corrected chi connectivity index (χ0v) is 13.0. The fourth-order valence-electron chi connectivity index (χ4n) is 1.80. The van der Waals surface area contributed by atoms with Crippen molar-refractivity contribution in [3.05, 3.63) is 34.1 Å². The van der Waals surface area contributed by atoms with Crippen LogP contribution in [-0.2, 0) is 11.2 Å². The second kappa shape index (κ2) is 6.48. The summed E-state index contributed by atoms with van der Waals surface area (Å²) in [5.41, 5.74) is -0.329. The average Bonchev–Trinajstić information content (AvgIpc) is 2.29. The highest BCUT2D eigenvalue weighted by Crippen LogP contribution is 2.19. The lowest BCUT2D eigenvalue weighted by atomic mass is 10.1. The van der Waals surface area contributed by atoms with Crippen molar-refractivity contribution in [3.8, 4) is 0 Å². The number of nitrogens with zero attached hydrogens (tertiary/aromatic N) is 1. The van der Waals surface area contributed by atoms with Crippen LogP contribution < -0.4 is 0 Å². The summed E-state index contributed by atoms with van der Waals surface area (Å²) in [7, 11) is 0. The molecule has 1 amide bonds. The van der Waals surface area contributed by atoms with E-state index in [-0.39, 0.29) is 24.7 Å². The van der Waals surface area contributed by atoms with Crippen molar-refractivity contribution in [2.45, 2.75) is 32.8 Å². The lowest BCUT2D eigenvalue weighted by Crippen LogP contribution is -2.42. The fourth-order valence-corrected chi connectivity index (χ4v) is 2.18. The third-order valence-electron chi connectivity index (χ3n) is 2.66. The topological polar surface area (TPSA) is 40.5 Å². The predicted molar refractivity (Wildman–Crippen MR) is 76.4 cm³/mol. The van der Waals surface area contributed by atoms with Crippen molar-refractivity contribution >= 4 is 21.8 Å². The second-order valence-corrected chi connectivity index (χ2v) is 5.99. The molecule has 0 radical (unpaired) electrons. The summed E-state index contributed by atoms with van der Waals surface area (Å²) in [6, 6.07) is 4.27. The van der Waals surface area contributed by atoms with Gasteiger partial charge < -0.3 is 10.0 Å². The van der Waals surface area contributed by atoms with Crippen molar-refractivity contribution in [2.24, 2.45) is 0 Å². The molecule has 0 atom stereocenters. The molecular weight excluding hydrogens is 313 g/mol. The van der Waals surface area contributed by atoms with Gasteiger partial charge in [0.25, 0.3) is 0 Å². The molecule has 1 aromatic carbocycles. The molecule has 0 saturated heterocycles. The predicted octanol–water partition coefficient (Wildman–Crippen LogP) is 2.75. The Hall–Kier alpha value is -0.940. The summed E-state index contributed by atoms with van der Waals surface area (Å²) in [5.74, 6) is -0.493.